The standard InChI is InChI=1S/C16H22N4/c1-2-20(12-3-4-12)10-9-19-16-6-5-15(17)13-7-8-18-11-14(13)16/h5-8,11-12,19H,2-4,9-10,17H2,1H3. The Morgan fingerprint density at radius 3 is 2.90 bits per heavy atom. The topological polar surface area (TPSA) is 54.2 Å². The second kappa shape index (κ2) is 5.67. The van der Waals surface area contributed by atoms with E-state index >= 15 is 0 Å². The van der Waals surface area contributed by atoms with Crippen molar-refractivity contribution >= 4 is 22.1 Å². The number of nitrogens with two attached hydrogens (primary N) is 1. The Hall–Kier alpha value is -1.81. The van der Waals surface area contributed by atoms with E-state index in [9.17, 15) is 0 Å². The summed E-state index contributed by atoms with van der Waals surface area (Å²) in [5.41, 5.74) is 7.93. The van der Waals surface area contributed by atoms with Crippen LogP contribution in [0.2, 0.25) is 0 Å². The predicted molar refractivity (Wildman–Crippen MR) is 84.9 cm³/mol. The molecule has 4 heteroatoms. The first-order valence-corrected chi connectivity index (χ1v) is 7.39. The minimum atomic E-state index is 0.807. The van der Waals surface area contributed by atoms with Crippen LogP contribution in [0.15, 0.2) is 30.6 Å². The quantitative estimate of drug-likeness (QED) is 0.792. The zero-order valence-corrected chi connectivity index (χ0v) is 12.0. The number of nitrogen functional groups attached to an aromatic ring is 1. The van der Waals surface area contributed by atoms with Crippen molar-refractivity contribution in [1.82, 2.24) is 9.88 Å². The molecule has 106 valence electrons. The lowest BCUT2D eigenvalue weighted by molar-refractivity contribution is 0.289. The number of fused-ring (bicyclic) bond motifs is 1. The van der Waals surface area contributed by atoms with Crippen LogP contribution in [-0.2, 0) is 0 Å². The van der Waals surface area contributed by atoms with Gasteiger partial charge in [-0.15, -0.1) is 0 Å². The van der Waals surface area contributed by atoms with Crippen LogP contribution in [0.5, 0.6) is 0 Å². The highest BCUT2D eigenvalue weighted by molar-refractivity contribution is 6.00. The van der Waals surface area contributed by atoms with Gasteiger partial charge in [0, 0.05) is 53.7 Å². The molecular formula is C16H22N4. The van der Waals surface area contributed by atoms with Gasteiger partial charge in [-0.05, 0) is 37.6 Å². The van der Waals surface area contributed by atoms with Gasteiger partial charge in [0.1, 0.15) is 0 Å². The molecule has 1 aliphatic rings. The third-order valence-corrected chi connectivity index (χ3v) is 4.04. The van der Waals surface area contributed by atoms with E-state index in [1.807, 2.05) is 24.4 Å². The van der Waals surface area contributed by atoms with Crippen LogP contribution in [0.4, 0.5) is 11.4 Å². The van der Waals surface area contributed by atoms with E-state index in [0.717, 1.165) is 47.8 Å². The summed E-state index contributed by atoms with van der Waals surface area (Å²) in [6.07, 6.45) is 6.39. The lowest BCUT2D eigenvalue weighted by atomic mass is 10.1. The second-order valence-electron chi connectivity index (χ2n) is 5.41. The summed E-state index contributed by atoms with van der Waals surface area (Å²) in [6.45, 7) is 5.42. The first kappa shape index (κ1) is 13.2. The van der Waals surface area contributed by atoms with Crippen molar-refractivity contribution in [3.63, 3.8) is 0 Å². The normalized spacial score (nSPS) is 14.9. The number of hydrogen-bond acceptors (Lipinski definition) is 4. The van der Waals surface area contributed by atoms with Gasteiger partial charge in [-0.1, -0.05) is 6.92 Å². The monoisotopic (exact) mass is 270 g/mol. The van der Waals surface area contributed by atoms with E-state index in [1.165, 1.54) is 12.8 Å². The van der Waals surface area contributed by atoms with Crippen molar-refractivity contribution in [1.29, 1.82) is 0 Å². The summed E-state index contributed by atoms with van der Waals surface area (Å²) in [5.74, 6) is 0. The Morgan fingerprint density at radius 2 is 2.15 bits per heavy atom. The molecule has 20 heavy (non-hydrogen) atoms. The summed E-state index contributed by atoms with van der Waals surface area (Å²) >= 11 is 0. The van der Waals surface area contributed by atoms with Crippen molar-refractivity contribution in [2.75, 3.05) is 30.7 Å². The fourth-order valence-electron chi connectivity index (χ4n) is 2.74. The number of hydrogen-bond donors (Lipinski definition) is 2. The molecule has 1 aromatic heterocycles. The molecule has 0 radical (unpaired) electrons. The van der Waals surface area contributed by atoms with Crippen molar-refractivity contribution in [2.24, 2.45) is 0 Å². The van der Waals surface area contributed by atoms with Crippen LogP contribution < -0.4 is 11.1 Å². The lowest BCUT2D eigenvalue weighted by Crippen LogP contribution is -2.30. The zero-order valence-electron chi connectivity index (χ0n) is 12.0. The highest BCUT2D eigenvalue weighted by Crippen LogP contribution is 2.28. The molecule has 0 atom stereocenters. The van der Waals surface area contributed by atoms with Gasteiger partial charge in [0.25, 0.3) is 0 Å². The van der Waals surface area contributed by atoms with Gasteiger partial charge in [-0.25, -0.2) is 0 Å². The van der Waals surface area contributed by atoms with Crippen molar-refractivity contribution in [3.05, 3.63) is 30.6 Å². The maximum Gasteiger partial charge on any atom is 0.0437 e. The largest absolute Gasteiger partial charge is 0.398 e. The van der Waals surface area contributed by atoms with E-state index in [2.05, 4.69) is 22.1 Å². The fraction of sp³-hybridized carbons (Fsp3) is 0.438. The van der Waals surface area contributed by atoms with Crippen LogP contribution >= 0.6 is 0 Å². The molecule has 0 aliphatic heterocycles. The number of likely N-dealkylation sites (N-methyl/N-ethyl adjacent to an activating group) is 1. The average molecular weight is 270 g/mol. The highest BCUT2D eigenvalue weighted by Gasteiger charge is 2.27. The number of anilines is 2. The Labute approximate surface area is 120 Å². The molecule has 1 aliphatic carbocycles. The van der Waals surface area contributed by atoms with Crippen molar-refractivity contribution in [2.45, 2.75) is 25.8 Å². The van der Waals surface area contributed by atoms with E-state index in [0.29, 0.717) is 0 Å². The molecule has 1 saturated carbocycles. The average Bonchev–Trinajstić information content (AvgIpc) is 3.31. The summed E-state index contributed by atoms with van der Waals surface area (Å²) in [6, 6.07) is 6.81. The summed E-state index contributed by atoms with van der Waals surface area (Å²) in [7, 11) is 0. The Kier molecular flexibility index (Phi) is 3.74. The first-order chi connectivity index (χ1) is 9.79. The van der Waals surface area contributed by atoms with Crippen LogP contribution in [0.3, 0.4) is 0 Å². The number of nitrogens with one attached hydrogen (secondary N) is 1. The Balaban J connectivity index is 1.69. The SMILES string of the molecule is CCN(CCNc1ccc(N)c2ccncc12)C1CC1. The van der Waals surface area contributed by atoms with Crippen molar-refractivity contribution in [3.8, 4) is 0 Å². The van der Waals surface area contributed by atoms with E-state index in [1.54, 1.807) is 6.20 Å². The second-order valence-corrected chi connectivity index (χ2v) is 5.41. The molecule has 0 spiro atoms. The zero-order chi connectivity index (χ0) is 13.9. The molecule has 3 N–H and O–H groups in total. The maximum absolute atomic E-state index is 6.01. The molecule has 0 unspecified atom stereocenters. The van der Waals surface area contributed by atoms with E-state index in [4.69, 9.17) is 5.73 Å². The van der Waals surface area contributed by atoms with Crippen LogP contribution in [-0.4, -0.2) is 35.6 Å². The van der Waals surface area contributed by atoms with E-state index < -0.39 is 0 Å². The number of pyridine rings is 1. The lowest BCUT2D eigenvalue weighted by Gasteiger charge is -2.20. The highest BCUT2D eigenvalue weighted by atomic mass is 15.2. The fourth-order valence-corrected chi connectivity index (χ4v) is 2.74. The third kappa shape index (κ3) is 2.70. The molecule has 1 aromatic carbocycles. The number of benzene rings is 1. The van der Waals surface area contributed by atoms with Crippen LogP contribution in [0.1, 0.15) is 19.8 Å². The van der Waals surface area contributed by atoms with Gasteiger partial charge in [-0.2, -0.15) is 0 Å². The molecule has 1 fully saturated rings. The van der Waals surface area contributed by atoms with Gasteiger partial charge in [0.2, 0.25) is 0 Å². The molecule has 3 rings (SSSR count). The first-order valence-electron chi connectivity index (χ1n) is 7.39. The molecule has 4 nitrogen and oxygen atoms in total. The molecule has 1 heterocycles. The third-order valence-electron chi connectivity index (χ3n) is 4.04. The number of rotatable bonds is 6. The summed E-state index contributed by atoms with van der Waals surface area (Å²) in [5, 5.41) is 5.69. The van der Waals surface area contributed by atoms with Gasteiger partial charge in [-0.3, -0.25) is 9.88 Å². The predicted octanol–water partition coefficient (Wildman–Crippen LogP) is 2.71. The Morgan fingerprint density at radius 1 is 1.30 bits per heavy atom. The summed E-state index contributed by atoms with van der Waals surface area (Å²) in [4.78, 5) is 6.75. The molecule has 0 saturated heterocycles. The number of nitrogens with zero attached hydrogens (tertiary/aromatic N) is 2. The molecular weight excluding hydrogens is 248 g/mol. The molecule has 0 bridgehead atoms. The van der Waals surface area contributed by atoms with E-state index in [-0.39, 0.29) is 0 Å². The minimum absolute atomic E-state index is 0.807. The van der Waals surface area contributed by atoms with Crippen LogP contribution in [0, 0.1) is 0 Å². The van der Waals surface area contributed by atoms with Gasteiger partial charge >= 0.3 is 0 Å². The van der Waals surface area contributed by atoms with Gasteiger partial charge < -0.3 is 11.1 Å². The minimum Gasteiger partial charge on any atom is -0.398 e. The smallest absolute Gasteiger partial charge is 0.0437 e. The number of aromatic nitrogens is 1. The van der Waals surface area contributed by atoms with Crippen molar-refractivity contribution < 1.29 is 0 Å². The molecule has 2 aromatic rings. The Bertz CT molecular complexity index is 592. The van der Waals surface area contributed by atoms with Gasteiger partial charge in [0.05, 0.1) is 0 Å². The maximum atomic E-state index is 6.01. The molecule has 0 amide bonds. The van der Waals surface area contributed by atoms with Crippen LogP contribution in [0.25, 0.3) is 10.8 Å². The van der Waals surface area contributed by atoms with Gasteiger partial charge in [0.15, 0.2) is 0 Å². The summed E-state index contributed by atoms with van der Waals surface area (Å²) < 4.78 is 0.